The zero-order chi connectivity index (χ0) is 13.5. The Kier molecular flexibility index (Phi) is 3.17. The molecule has 4 nitrogen and oxygen atoms in total. The zero-order valence-corrected chi connectivity index (χ0v) is 11.9. The molecule has 0 aromatic heterocycles. The molecule has 0 spiro atoms. The molecule has 1 aromatic carbocycles. The largest absolute Gasteiger partial charge is 0.382 e. The van der Waals surface area contributed by atoms with Crippen LogP contribution >= 0.6 is 0 Å². The van der Waals surface area contributed by atoms with Crippen LogP contribution < -0.4 is 10.0 Å². The summed E-state index contributed by atoms with van der Waals surface area (Å²) in [5, 5.41) is 3.56. The predicted octanol–water partition coefficient (Wildman–Crippen LogP) is 2.66. The quantitative estimate of drug-likeness (QED) is 0.891. The van der Waals surface area contributed by atoms with Gasteiger partial charge in [-0.05, 0) is 49.3 Å². The lowest BCUT2D eigenvalue weighted by atomic mass is 9.95. The second kappa shape index (κ2) is 4.71. The maximum Gasteiger partial charge on any atom is 0.229 e. The van der Waals surface area contributed by atoms with Gasteiger partial charge < -0.3 is 5.32 Å². The van der Waals surface area contributed by atoms with E-state index in [1.807, 2.05) is 18.2 Å². The zero-order valence-electron chi connectivity index (χ0n) is 11.1. The van der Waals surface area contributed by atoms with Crippen LogP contribution in [0.5, 0.6) is 0 Å². The third kappa shape index (κ3) is 3.03. The van der Waals surface area contributed by atoms with E-state index in [-0.39, 0.29) is 0 Å². The van der Waals surface area contributed by atoms with Crippen LogP contribution in [0.2, 0.25) is 0 Å². The number of rotatable bonds is 4. The first-order valence-corrected chi connectivity index (χ1v) is 8.73. The first kappa shape index (κ1) is 12.8. The average molecular weight is 280 g/mol. The summed E-state index contributed by atoms with van der Waals surface area (Å²) in [7, 11) is -3.21. The molecule has 2 bridgehead atoms. The summed E-state index contributed by atoms with van der Waals surface area (Å²) in [4.78, 5) is 0. The van der Waals surface area contributed by atoms with Gasteiger partial charge in [0, 0.05) is 11.7 Å². The maximum absolute atomic E-state index is 11.2. The summed E-state index contributed by atoms with van der Waals surface area (Å²) in [6.07, 6.45) is 6.51. The molecule has 1 aromatic rings. The molecule has 0 aliphatic heterocycles. The molecular formula is C14H20N2O2S. The van der Waals surface area contributed by atoms with Gasteiger partial charge in [0.15, 0.2) is 0 Å². The van der Waals surface area contributed by atoms with Gasteiger partial charge in [-0.1, -0.05) is 12.5 Å². The number of hydrogen-bond acceptors (Lipinski definition) is 3. The lowest BCUT2D eigenvalue weighted by Gasteiger charge is -2.24. The van der Waals surface area contributed by atoms with Crippen molar-refractivity contribution in [2.45, 2.75) is 31.7 Å². The van der Waals surface area contributed by atoms with Crippen LogP contribution in [0.3, 0.4) is 0 Å². The molecule has 0 saturated heterocycles. The molecule has 0 amide bonds. The van der Waals surface area contributed by atoms with Crippen molar-refractivity contribution in [3.05, 3.63) is 24.3 Å². The van der Waals surface area contributed by atoms with Gasteiger partial charge in [-0.2, -0.15) is 0 Å². The van der Waals surface area contributed by atoms with E-state index in [2.05, 4.69) is 10.0 Å². The van der Waals surface area contributed by atoms with Crippen LogP contribution in [-0.4, -0.2) is 20.7 Å². The minimum atomic E-state index is -3.21. The molecule has 19 heavy (non-hydrogen) atoms. The molecule has 0 heterocycles. The normalized spacial score (nSPS) is 29.4. The summed E-state index contributed by atoms with van der Waals surface area (Å²) < 4.78 is 25.0. The Bertz CT molecular complexity index is 571. The first-order chi connectivity index (χ1) is 8.99. The van der Waals surface area contributed by atoms with Crippen molar-refractivity contribution >= 4 is 21.4 Å². The summed E-state index contributed by atoms with van der Waals surface area (Å²) in [6.45, 7) is 0. The monoisotopic (exact) mass is 280 g/mol. The Labute approximate surface area is 114 Å². The van der Waals surface area contributed by atoms with Crippen molar-refractivity contribution in [3.8, 4) is 0 Å². The van der Waals surface area contributed by atoms with E-state index in [9.17, 15) is 8.42 Å². The van der Waals surface area contributed by atoms with E-state index < -0.39 is 10.0 Å². The molecule has 2 fully saturated rings. The molecule has 2 saturated carbocycles. The molecule has 2 aliphatic carbocycles. The van der Waals surface area contributed by atoms with Crippen LogP contribution in [0.4, 0.5) is 11.4 Å². The first-order valence-electron chi connectivity index (χ1n) is 6.84. The van der Waals surface area contributed by atoms with Crippen LogP contribution in [-0.2, 0) is 10.0 Å². The Hall–Kier alpha value is -1.23. The highest BCUT2D eigenvalue weighted by atomic mass is 32.2. The van der Waals surface area contributed by atoms with Gasteiger partial charge in [0.2, 0.25) is 10.0 Å². The number of nitrogens with one attached hydrogen (secondary N) is 2. The Balaban J connectivity index is 1.70. The number of benzene rings is 1. The molecule has 2 aliphatic rings. The number of hydrogen-bond donors (Lipinski definition) is 2. The van der Waals surface area contributed by atoms with Crippen LogP contribution in [0.25, 0.3) is 0 Å². The smallest absolute Gasteiger partial charge is 0.229 e. The standard InChI is InChI=1S/C14H20N2O2S/c1-19(17,18)16-13-4-2-3-12(9-13)15-14-8-10-5-6-11(14)7-10/h2-4,9-11,14-16H,5-8H2,1H3/t10-,11-,14+/m0/s1. The molecule has 3 atom stereocenters. The van der Waals surface area contributed by atoms with Crippen LogP contribution in [0.15, 0.2) is 24.3 Å². The van der Waals surface area contributed by atoms with Gasteiger partial charge in [-0.15, -0.1) is 0 Å². The van der Waals surface area contributed by atoms with Crippen LogP contribution in [0, 0.1) is 11.8 Å². The molecule has 3 rings (SSSR count). The van der Waals surface area contributed by atoms with Gasteiger partial charge in [0.05, 0.1) is 11.9 Å². The summed E-state index contributed by atoms with van der Waals surface area (Å²) in [6, 6.07) is 8.08. The fourth-order valence-corrected chi connectivity index (χ4v) is 4.08. The predicted molar refractivity (Wildman–Crippen MR) is 77.8 cm³/mol. The van der Waals surface area contributed by atoms with Gasteiger partial charge in [0.1, 0.15) is 0 Å². The summed E-state index contributed by atoms with van der Waals surface area (Å²) >= 11 is 0. The third-order valence-corrected chi connectivity index (χ3v) is 4.86. The van der Waals surface area contributed by atoms with Gasteiger partial charge >= 0.3 is 0 Å². The molecule has 2 N–H and O–H groups in total. The minimum Gasteiger partial charge on any atom is -0.382 e. The average Bonchev–Trinajstić information content (AvgIpc) is 2.88. The van der Waals surface area contributed by atoms with E-state index in [4.69, 9.17) is 0 Å². The fourth-order valence-electron chi connectivity index (χ4n) is 3.52. The van der Waals surface area contributed by atoms with E-state index in [0.717, 1.165) is 17.5 Å². The topological polar surface area (TPSA) is 58.2 Å². The second-order valence-corrected chi connectivity index (χ2v) is 7.63. The Morgan fingerprint density at radius 2 is 1.95 bits per heavy atom. The van der Waals surface area contributed by atoms with E-state index in [1.54, 1.807) is 6.07 Å². The van der Waals surface area contributed by atoms with Crippen molar-refractivity contribution in [1.29, 1.82) is 0 Å². The molecule has 0 unspecified atom stereocenters. The van der Waals surface area contributed by atoms with Gasteiger partial charge in [-0.3, -0.25) is 4.72 Å². The maximum atomic E-state index is 11.2. The highest BCUT2D eigenvalue weighted by Crippen LogP contribution is 2.45. The molecule has 0 radical (unpaired) electrons. The lowest BCUT2D eigenvalue weighted by molar-refractivity contribution is 0.440. The van der Waals surface area contributed by atoms with Crippen molar-refractivity contribution in [3.63, 3.8) is 0 Å². The van der Waals surface area contributed by atoms with Crippen molar-refractivity contribution in [1.82, 2.24) is 0 Å². The Morgan fingerprint density at radius 3 is 2.58 bits per heavy atom. The number of fused-ring (bicyclic) bond motifs is 2. The van der Waals surface area contributed by atoms with E-state index in [1.165, 1.54) is 31.9 Å². The molecular weight excluding hydrogens is 260 g/mol. The van der Waals surface area contributed by atoms with E-state index >= 15 is 0 Å². The highest BCUT2D eigenvalue weighted by Gasteiger charge is 2.39. The van der Waals surface area contributed by atoms with Crippen LogP contribution in [0.1, 0.15) is 25.7 Å². The second-order valence-electron chi connectivity index (χ2n) is 5.88. The number of sulfonamides is 1. The summed E-state index contributed by atoms with van der Waals surface area (Å²) in [5.41, 5.74) is 1.63. The fraction of sp³-hybridized carbons (Fsp3) is 0.571. The summed E-state index contributed by atoms with van der Waals surface area (Å²) in [5.74, 6) is 1.70. The minimum absolute atomic E-state index is 0.562. The van der Waals surface area contributed by atoms with Gasteiger partial charge in [0.25, 0.3) is 0 Å². The Morgan fingerprint density at radius 1 is 1.16 bits per heavy atom. The number of anilines is 2. The molecule has 104 valence electrons. The van der Waals surface area contributed by atoms with Crippen molar-refractivity contribution in [2.75, 3.05) is 16.3 Å². The van der Waals surface area contributed by atoms with E-state index in [0.29, 0.717) is 11.7 Å². The lowest BCUT2D eigenvalue weighted by Crippen LogP contribution is -2.25. The molecule has 5 heteroatoms. The SMILES string of the molecule is CS(=O)(=O)Nc1cccc(N[C@@H]2C[C@H]3CC[C@H]2C3)c1. The van der Waals surface area contributed by atoms with Crippen molar-refractivity contribution < 1.29 is 8.42 Å². The van der Waals surface area contributed by atoms with Crippen molar-refractivity contribution in [2.24, 2.45) is 11.8 Å². The highest BCUT2D eigenvalue weighted by molar-refractivity contribution is 7.92. The third-order valence-electron chi connectivity index (χ3n) is 4.26. The van der Waals surface area contributed by atoms with Gasteiger partial charge in [-0.25, -0.2) is 8.42 Å².